The van der Waals surface area contributed by atoms with Crippen LogP contribution in [0.25, 0.3) is 0 Å². The molecule has 0 radical (unpaired) electrons. The number of rotatable bonds is 6. The Kier molecular flexibility index (Phi) is 5.25. The second-order valence-electron chi connectivity index (χ2n) is 3.73. The number of benzene rings is 1. The Morgan fingerprint density at radius 3 is 2.61 bits per heavy atom. The molecule has 0 saturated heterocycles. The highest BCUT2D eigenvalue weighted by molar-refractivity contribution is 6.32. The molecule has 0 aliphatic carbocycles. The molecule has 0 heterocycles. The molecule has 1 rings (SSSR count). The Balaban J connectivity index is 3.11. The Labute approximate surface area is 111 Å². The van der Waals surface area contributed by atoms with Gasteiger partial charge in [0.1, 0.15) is 0 Å². The molecule has 1 unspecified atom stereocenters. The average molecular weight is 273 g/mol. The summed E-state index contributed by atoms with van der Waals surface area (Å²) in [5, 5.41) is 0.342. The SMILES string of the molecule is CCC(Oc1c(Cl)cc(CN)cc1OC)C(N)=O. The van der Waals surface area contributed by atoms with Crippen molar-refractivity contribution in [1.82, 2.24) is 0 Å². The minimum atomic E-state index is -0.736. The zero-order chi connectivity index (χ0) is 13.7. The van der Waals surface area contributed by atoms with Gasteiger partial charge in [-0.2, -0.15) is 0 Å². The van der Waals surface area contributed by atoms with E-state index in [-0.39, 0.29) is 0 Å². The van der Waals surface area contributed by atoms with Gasteiger partial charge in [0.05, 0.1) is 12.1 Å². The van der Waals surface area contributed by atoms with Crippen LogP contribution in [0.2, 0.25) is 5.02 Å². The molecule has 4 N–H and O–H groups in total. The van der Waals surface area contributed by atoms with Crippen molar-refractivity contribution in [3.8, 4) is 11.5 Å². The van der Waals surface area contributed by atoms with Gasteiger partial charge in [0.2, 0.25) is 0 Å². The summed E-state index contributed by atoms with van der Waals surface area (Å²) in [5.74, 6) is 0.197. The maximum atomic E-state index is 11.2. The largest absolute Gasteiger partial charge is 0.493 e. The predicted molar refractivity (Wildman–Crippen MR) is 69.8 cm³/mol. The molecular weight excluding hydrogens is 256 g/mol. The van der Waals surface area contributed by atoms with E-state index in [4.69, 9.17) is 32.5 Å². The minimum Gasteiger partial charge on any atom is -0.493 e. The van der Waals surface area contributed by atoms with E-state index in [2.05, 4.69) is 0 Å². The van der Waals surface area contributed by atoms with Crippen LogP contribution in [0, 0.1) is 0 Å². The van der Waals surface area contributed by atoms with Gasteiger partial charge in [-0.3, -0.25) is 4.79 Å². The van der Waals surface area contributed by atoms with E-state index in [1.807, 2.05) is 0 Å². The normalized spacial score (nSPS) is 12.0. The first-order chi connectivity index (χ1) is 8.53. The quantitative estimate of drug-likeness (QED) is 0.820. The van der Waals surface area contributed by atoms with Crippen LogP contribution in [-0.4, -0.2) is 19.1 Å². The number of carbonyl (C=O) groups is 1. The summed E-state index contributed by atoms with van der Waals surface area (Å²) in [5.41, 5.74) is 11.6. The molecule has 1 aromatic rings. The van der Waals surface area contributed by atoms with Crippen molar-refractivity contribution >= 4 is 17.5 Å². The van der Waals surface area contributed by atoms with E-state index in [1.54, 1.807) is 19.1 Å². The molecule has 0 aromatic heterocycles. The van der Waals surface area contributed by atoms with Crippen molar-refractivity contribution in [1.29, 1.82) is 0 Å². The number of ether oxygens (including phenoxy) is 2. The Bertz CT molecular complexity index is 438. The van der Waals surface area contributed by atoms with E-state index in [0.717, 1.165) is 5.56 Å². The van der Waals surface area contributed by atoms with Gasteiger partial charge >= 0.3 is 0 Å². The number of halogens is 1. The van der Waals surface area contributed by atoms with E-state index >= 15 is 0 Å². The highest BCUT2D eigenvalue weighted by Gasteiger charge is 2.20. The molecule has 0 aliphatic rings. The van der Waals surface area contributed by atoms with Crippen LogP contribution in [0.5, 0.6) is 11.5 Å². The molecule has 1 atom stereocenters. The zero-order valence-electron chi connectivity index (χ0n) is 10.4. The Morgan fingerprint density at radius 1 is 1.50 bits per heavy atom. The number of hydrogen-bond donors (Lipinski definition) is 2. The van der Waals surface area contributed by atoms with Crippen molar-refractivity contribution < 1.29 is 14.3 Å². The second-order valence-corrected chi connectivity index (χ2v) is 4.14. The first-order valence-electron chi connectivity index (χ1n) is 5.55. The van der Waals surface area contributed by atoms with E-state index in [1.165, 1.54) is 7.11 Å². The first kappa shape index (κ1) is 14.6. The lowest BCUT2D eigenvalue weighted by Crippen LogP contribution is -2.33. The van der Waals surface area contributed by atoms with Gasteiger partial charge in [0, 0.05) is 6.54 Å². The molecular formula is C12H17ClN2O3. The van der Waals surface area contributed by atoms with Crippen LogP contribution < -0.4 is 20.9 Å². The summed E-state index contributed by atoms with van der Waals surface area (Å²) in [6.07, 6.45) is -0.284. The van der Waals surface area contributed by atoms with E-state index in [9.17, 15) is 4.79 Å². The minimum absolute atomic E-state index is 0.307. The molecule has 100 valence electrons. The number of carbonyl (C=O) groups excluding carboxylic acids is 1. The van der Waals surface area contributed by atoms with E-state index < -0.39 is 12.0 Å². The molecule has 0 aliphatic heterocycles. The number of methoxy groups -OCH3 is 1. The molecule has 6 heteroatoms. The van der Waals surface area contributed by atoms with Gasteiger partial charge in [0.25, 0.3) is 5.91 Å². The van der Waals surface area contributed by atoms with Gasteiger partial charge in [-0.15, -0.1) is 0 Å². The maximum absolute atomic E-state index is 11.2. The van der Waals surface area contributed by atoms with Crippen LogP contribution in [-0.2, 0) is 11.3 Å². The van der Waals surface area contributed by atoms with Gasteiger partial charge < -0.3 is 20.9 Å². The van der Waals surface area contributed by atoms with Crippen molar-refractivity contribution in [2.75, 3.05) is 7.11 Å². The molecule has 0 bridgehead atoms. The lowest BCUT2D eigenvalue weighted by Gasteiger charge is -2.18. The monoisotopic (exact) mass is 272 g/mol. The molecule has 0 saturated carbocycles. The van der Waals surface area contributed by atoms with Crippen molar-refractivity contribution in [2.45, 2.75) is 26.0 Å². The highest BCUT2D eigenvalue weighted by atomic mass is 35.5. The van der Waals surface area contributed by atoms with Gasteiger partial charge in [-0.25, -0.2) is 0 Å². The average Bonchev–Trinajstić information content (AvgIpc) is 2.35. The lowest BCUT2D eigenvalue weighted by molar-refractivity contribution is -0.124. The summed E-state index contributed by atoms with van der Waals surface area (Å²) in [7, 11) is 1.49. The Morgan fingerprint density at radius 2 is 2.17 bits per heavy atom. The lowest BCUT2D eigenvalue weighted by atomic mass is 10.2. The summed E-state index contributed by atoms with van der Waals surface area (Å²) in [6.45, 7) is 2.13. The second kappa shape index (κ2) is 6.47. The fourth-order valence-electron chi connectivity index (χ4n) is 1.49. The number of nitrogens with two attached hydrogens (primary N) is 2. The maximum Gasteiger partial charge on any atom is 0.258 e. The fraction of sp³-hybridized carbons (Fsp3) is 0.417. The molecule has 0 fully saturated rings. The Hall–Kier alpha value is -1.46. The summed E-state index contributed by atoms with van der Waals surface area (Å²) in [4.78, 5) is 11.2. The van der Waals surface area contributed by atoms with E-state index in [0.29, 0.717) is 29.5 Å². The number of hydrogen-bond acceptors (Lipinski definition) is 4. The van der Waals surface area contributed by atoms with Crippen molar-refractivity contribution in [3.63, 3.8) is 0 Å². The van der Waals surface area contributed by atoms with Gasteiger partial charge in [-0.05, 0) is 24.1 Å². The molecule has 1 amide bonds. The molecule has 5 nitrogen and oxygen atoms in total. The third-order valence-corrected chi connectivity index (χ3v) is 2.75. The highest BCUT2D eigenvalue weighted by Crippen LogP contribution is 2.37. The summed E-state index contributed by atoms with van der Waals surface area (Å²) < 4.78 is 10.7. The van der Waals surface area contributed by atoms with Crippen molar-refractivity contribution in [3.05, 3.63) is 22.7 Å². The standard InChI is InChI=1S/C12H17ClN2O3/c1-3-9(12(15)16)18-11-8(13)4-7(6-14)5-10(11)17-2/h4-5,9H,3,6,14H2,1-2H3,(H2,15,16). The van der Waals surface area contributed by atoms with Crippen LogP contribution in [0.4, 0.5) is 0 Å². The predicted octanol–water partition coefficient (Wildman–Crippen LogP) is 1.45. The summed E-state index contributed by atoms with van der Waals surface area (Å²) in [6, 6.07) is 3.39. The summed E-state index contributed by atoms with van der Waals surface area (Å²) >= 11 is 6.09. The number of amides is 1. The molecule has 1 aromatic carbocycles. The van der Waals surface area contributed by atoms with Crippen LogP contribution in [0.1, 0.15) is 18.9 Å². The number of primary amides is 1. The smallest absolute Gasteiger partial charge is 0.258 e. The van der Waals surface area contributed by atoms with Crippen LogP contribution in [0.3, 0.4) is 0 Å². The van der Waals surface area contributed by atoms with Crippen molar-refractivity contribution in [2.24, 2.45) is 11.5 Å². The topological polar surface area (TPSA) is 87.6 Å². The third-order valence-electron chi connectivity index (χ3n) is 2.47. The fourth-order valence-corrected chi connectivity index (χ4v) is 1.77. The molecule has 0 spiro atoms. The third kappa shape index (κ3) is 3.27. The van der Waals surface area contributed by atoms with Gasteiger partial charge in [0.15, 0.2) is 17.6 Å². The zero-order valence-corrected chi connectivity index (χ0v) is 11.2. The van der Waals surface area contributed by atoms with Crippen LogP contribution >= 0.6 is 11.6 Å². The van der Waals surface area contributed by atoms with Gasteiger partial charge in [-0.1, -0.05) is 18.5 Å². The first-order valence-corrected chi connectivity index (χ1v) is 5.93. The molecule has 18 heavy (non-hydrogen) atoms. The van der Waals surface area contributed by atoms with Crippen LogP contribution in [0.15, 0.2) is 12.1 Å².